The third kappa shape index (κ3) is 3.39. The molecule has 19 heavy (non-hydrogen) atoms. The quantitative estimate of drug-likeness (QED) is 0.841. The third-order valence-corrected chi connectivity index (χ3v) is 3.96. The smallest absolute Gasteiger partial charge is 0.125 e. The Labute approximate surface area is 116 Å². The number of nitrogen functional groups attached to an aromatic ring is 1. The standard InChI is InChI=1S/C15H25N3O/c1-4-18-8-7-17(10-12(18)2)11-13-5-6-14(16)9-15(13)19-3/h5-6,9,12H,4,7-8,10-11,16H2,1-3H3. The second-order valence-corrected chi connectivity index (χ2v) is 5.28. The van der Waals surface area contributed by atoms with Crippen LogP contribution < -0.4 is 10.5 Å². The molecule has 1 saturated heterocycles. The molecule has 2 N–H and O–H groups in total. The maximum atomic E-state index is 5.79. The highest BCUT2D eigenvalue weighted by Gasteiger charge is 2.22. The van der Waals surface area contributed by atoms with Crippen LogP contribution in [0.25, 0.3) is 0 Å². The Bertz CT molecular complexity index is 422. The predicted octanol–water partition coefficient (Wildman–Crippen LogP) is 1.80. The van der Waals surface area contributed by atoms with Crippen molar-refractivity contribution >= 4 is 5.69 Å². The molecule has 106 valence electrons. The number of ether oxygens (including phenoxy) is 1. The molecule has 0 aromatic heterocycles. The largest absolute Gasteiger partial charge is 0.496 e. The average Bonchev–Trinajstić information content (AvgIpc) is 2.41. The molecule has 4 nitrogen and oxygen atoms in total. The Morgan fingerprint density at radius 1 is 1.37 bits per heavy atom. The number of hydrogen-bond donors (Lipinski definition) is 1. The van der Waals surface area contributed by atoms with Crippen molar-refractivity contribution in [3.8, 4) is 5.75 Å². The number of likely N-dealkylation sites (N-methyl/N-ethyl adjacent to an activating group) is 1. The van der Waals surface area contributed by atoms with Gasteiger partial charge in [-0.2, -0.15) is 0 Å². The lowest BCUT2D eigenvalue weighted by Gasteiger charge is -2.39. The van der Waals surface area contributed by atoms with Crippen molar-refractivity contribution in [2.75, 3.05) is 39.0 Å². The van der Waals surface area contributed by atoms with Crippen LogP contribution in [0.4, 0.5) is 5.69 Å². The minimum atomic E-state index is 0.624. The summed E-state index contributed by atoms with van der Waals surface area (Å²) in [6.07, 6.45) is 0. The first-order valence-corrected chi connectivity index (χ1v) is 7.02. The van der Waals surface area contributed by atoms with Crippen molar-refractivity contribution in [3.63, 3.8) is 0 Å². The second kappa shape index (κ2) is 6.26. The summed E-state index contributed by atoms with van der Waals surface area (Å²) in [7, 11) is 1.70. The SMILES string of the molecule is CCN1CCN(Cc2ccc(N)cc2OC)CC1C. The summed E-state index contributed by atoms with van der Waals surface area (Å²) in [6.45, 7) is 9.98. The number of benzene rings is 1. The fourth-order valence-electron chi connectivity index (χ4n) is 2.82. The molecule has 1 heterocycles. The molecule has 0 radical (unpaired) electrons. The maximum absolute atomic E-state index is 5.79. The molecule has 1 aliphatic rings. The molecule has 1 aliphatic heterocycles. The van der Waals surface area contributed by atoms with Crippen LogP contribution >= 0.6 is 0 Å². The van der Waals surface area contributed by atoms with Gasteiger partial charge in [-0.05, 0) is 19.5 Å². The fourth-order valence-corrected chi connectivity index (χ4v) is 2.82. The van der Waals surface area contributed by atoms with Crippen LogP contribution in [0, 0.1) is 0 Å². The number of hydrogen-bond acceptors (Lipinski definition) is 4. The molecule has 1 aromatic carbocycles. The van der Waals surface area contributed by atoms with E-state index in [4.69, 9.17) is 10.5 Å². The van der Waals surface area contributed by atoms with Gasteiger partial charge in [0.15, 0.2) is 0 Å². The van der Waals surface area contributed by atoms with Crippen LogP contribution in [0.15, 0.2) is 18.2 Å². The Morgan fingerprint density at radius 2 is 2.16 bits per heavy atom. The summed E-state index contributed by atoms with van der Waals surface area (Å²) in [5.41, 5.74) is 7.77. The summed E-state index contributed by atoms with van der Waals surface area (Å²) >= 11 is 0. The van der Waals surface area contributed by atoms with Crippen LogP contribution in [0.1, 0.15) is 19.4 Å². The van der Waals surface area contributed by atoms with Crippen LogP contribution in [-0.4, -0.2) is 49.1 Å². The summed E-state index contributed by atoms with van der Waals surface area (Å²) in [5.74, 6) is 0.894. The molecule has 0 amide bonds. The van der Waals surface area contributed by atoms with Crippen molar-refractivity contribution in [1.82, 2.24) is 9.80 Å². The average molecular weight is 263 g/mol. The molecule has 2 rings (SSSR count). The van der Waals surface area contributed by atoms with E-state index in [1.807, 2.05) is 12.1 Å². The summed E-state index contributed by atoms with van der Waals surface area (Å²) in [6, 6.07) is 6.55. The minimum absolute atomic E-state index is 0.624. The van der Waals surface area contributed by atoms with E-state index in [9.17, 15) is 0 Å². The van der Waals surface area contributed by atoms with Gasteiger partial charge in [-0.1, -0.05) is 13.0 Å². The van der Waals surface area contributed by atoms with E-state index in [-0.39, 0.29) is 0 Å². The molecular weight excluding hydrogens is 238 g/mol. The highest BCUT2D eigenvalue weighted by Crippen LogP contribution is 2.24. The molecule has 1 fully saturated rings. The maximum Gasteiger partial charge on any atom is 0.125 e. The Morgan fingerprint density at radius 3 is 2.79 bits per heavy atom. The number of piperazine rings is 1. The summed E-state index contributed by atoms with van der Waals surface area (Å²) in [4.78, 5) is 5.02. The van der Waals surface area contributed by atoms with Crippen molar-refractivity contribution < 1.29 is 4.74 Å². The first-order valence-electron chi connectivity index (χ1n) is 7.02. The van der Waals surface area contributed by atoms with Crippen LogP contribution in [0.5, 0.6) is 5.75 Å². The Hall–Kier alpha value is -1.26. The van der Waals surface area contributed by atoms with Gasteiger partial charge in [-0.15, -0.1) is 0 Å². The van der Waals surface area contributed by atoms with E-state index < -0.39 is 0 Å². The normalized spacial score (nSPS) is 21.5. The molecule has 1 unspecified atom stereocenters. The van der Waals surface area contributed by atoms with Gasteiger partial charge in [0, 0.05) is 49.5 Å². The topological polar surface area (TPSA) is 41.7 Å². The second-order valence-electron chi connectivity index (χ2n) is 5.28. The van der Waals surface area contributed by atoms with Gasteiger partial charge in [0.2, 0.25) is 0 Å². The molecule has 0 spiro atoms. The third-order valence-electron chi connectivity index (χ3n) is 3.96. The van der Waals surface area contributed by atoms with Gasteiger partial charge in [-0.25, -0.2) is 0 Å². The lowest BCUT2D eigenvalue weighted by molar-refractivity contribution is 0.0829. The van der Waals surface area contributed by atoms with E-state index in [0.717, 1.165) is 44.2 Å². The van der Waals surface area contributed by atoms with Gasteiger partial charge in [-0.3, -0.25) is 9.80 Å². The molecule has 1 atom stereocenters. The van der Waals surface area contributed by atoms with Crippen molar-refractivity contribution in [1.29, 1.82) is 0 Å². The number of methoxy groups -OCH3 is 1. The first kappa shape index (κ1) is 14.2. The summed E-state index contributed by atoms with van der Waals surface area (Å²) in [5, 5.41) is 0. The lowest BCUT2D eigenvalue weighted by atomic mass is 10.1. The molecular formula is C15H25N3O. The Kier molecular flexibility index (Phi) is 4.66. The van der Waals surface area contributed by atoms with Crippen molar-refractivity contribution in [3.05, 3.63) is 23.8 Å². The molecule has 0 saturated carbocycles. The zero-order valence-corrected chi connectivity index (χ0v) is 12.2. The monoisotopic (exact) mass is 263 g/mol. The van der Waals surface area contributed by atoms with E-state index >= 15 is 0 Å². The van der Waals surface area contributed by atoms with Gasteiger partial charge in [0.1, 0.15) is 5.75 Å². The zero-order valence-electron chi connectivity index (χ0n) is 12.2. The van der Waals surface area contributed by atoms with Gasteiger partial charge < -0.3 is 10.5 Å². The highest BCUT2D eigenvalue weighted by molar-refractivity contribution is 5.48. The highest BCUT2D eigenvalue weighted by atomic mass is 16.5. The van der Waals surface area contributed by atoms with Gasteiger partial charge in [0.25, 0.3) is 0 Å². The number of nitrogens with zero attached hydrogens (tertiary/aromatic N) is 2. The number of nitrogens with two attached hydrogens (primary N) is 1. The molecule has 1 aromatic rings. The van der Waals surface area contributed by atoms with Crippen molar-refractivity contribution in [2.45, 2.75) is 26.4 Å². The number of anilines is 1. The molecule has 4 heteroatoms. The molecule has 0 aliphatic carbocycles. The summed E-state index contributed by atoms with van der Waals surface area (Å²) < 4.78 is 5.42. The van der Waals surface area contributed by atoms with Crippen LogP contribution in [0.2, 0.25) is 0 Å². The zero-order chi connectivity index (χ0) is 13.8. The van der Waals surface area contributed by atoms with Crippen molar-refractivity contribution in [2.24, 2.45) is 0 Å². The van der Waals surface area contributed by atoms with E-state index in [2.05, 4.69) is 29.7 Å². The van der Waals surface area contributed by atoms with E-state index in [1.165, 1.54) is 5.56 Å². The predicted molar refractivity (Wildman–Crippen MR) is 79.4 cm³/mol. The minimum Gasteiger partial charge on any atom is -0.496 e. The van der Waals surface area contributed by atoms with E-state index in [1.54, 1.807) is 7.11 Å². The number of rotatable bonds is 4. The fraction of sp³-hybridized carbons (Fsp3) is 0.600. The van der Waals surface area contributed by atoms with Crippen LogP contribution in [-0.2, 0) is 6.54 Å². The van der Waals surface area contributed by atoms with Gasteiger partial charge in [0.05, 0.1) is 7.11 Å². The Balaban J connectivity index is 2.02. The molecule has 0 bridgehead atoms. The first-order chi connectivity index (χ1) is 9.13. The van der Waals surface area contributed by atoms with Gasteiger partial charge >= 0.3 is 0 Å². The van der Waals surface area contributed by atoms with Crippen LogP contribution in [0.3, 0.4) is 0 Å². The lowest BCUT2D eigenvalue weighted by Crippen LogP contribution is -2.51. The van der Waals surface area contributed by atoms with E-state index in [0.29, 0.717) is 6.04 Å².